The zero-order valence-corrected chi connectivity index (χ0v) is 12.3. The monoisotopic (exact) mass is 292 g/mol. The fraction of sp³-hybridized carbons (Fsp3) is 0.467. The van der Waals surface area contributed by atoms with E-state index in [1.54, 1.807) is 30.2 Å². The number of hydrogen-bond acceptors (Lipinski definition) is 5. The van der Waals surface area contributed by atoms with Gasteiger partial charge in [0.15, 0.2) is 0 Å². The Kier molecular flexibility index (Phi) is 4.67. The van der Waals surface area contributed by atoms with Gasteiger partial charge in [-0.2, -0.15) is 0 Å². The van der Waals surface area contributed by atoms with E-state index in [2.05, 4.69) is 0 Å². The maximum atomic E-state index is 12.5. The van der Waals surface area contributed by atoms with Gasteiger partial charge in [0.1, 0.15) is 5.75 Å². The van der Waals surface area contributed by atoms with Crippen molar-refractivity contribution >= 4 is 17.6 Å². The van der Waals surface area contributed by atoms with Gasteiger partial charge in [0.05, 0.1) is 25.7 Å². The highest BCUT2D eigenvalue weighted by atomic mass is 16.5. The second-order valence-electron chi connectivity index (χ2n) is 5.04. The molecule has 1 aromatic carbocycles. The highest BCUT2D eigenvalue weighted by Crippen LogP contribution is 2.24. The summed E-state index contributed by atoms with van der Waals surface area (Å²) in [6.45, 7) is 1.06. The van der Waals surface area contributed by atoms with Gasteiger partial charge in [0.25, 0.3) is 5.91 Å². The van der Waals surface area contributed by atoms with Crippen LogP contribution >= 0.6 is 0 Å². The molecule has 0 bridgehead atoms. The third-order valence-electron chi connectivity index (χ3n) is 3.81. The molecular weight excluding hydrogens is 272 g/mol. The number of benzene rings is 1. The van der Waals surface area contributed by atoms with E-state index >= 15 is 0 Å². The lowest BCUT2D eigenvalue weighted by Gasteiger charge is -2.31. The Hall–Kier alpha value is -2.24. The van der Waals surface area contributed by atoms with Crippen LogP contribution in [0.15, 0.2) is 18.2 Å². The molecule has 1 aliphatic rings. The lowest BCUT2D eigenvalue weighted by atomic mass is 9.96. The number of nitrogen functional groups attached to an aromatic ring is 1. The van der Waals surface area contributed by atoms with Crippen LogP contribution in [0.5, 0.6) is 5.75 Å². The number of nitrogens with two attached hydrogens (primary N) is 1. The topological polar surface area (TPSA) is 81.9 Å². The number of carbonyl (C=O) groups excluding carboxylic acids is 2. The summed E-state index contributed by atoms with van der Waals surface area (Å²) in [5.41, 5.74) is 6.76. The molecule has 6 heteroatoms. The smallest absolute Gasteiger partial charge is 0.308 e. The van der Waals surface area contributed by atoms with Gasteiger partial charge >= 0.3 is 5.97 Å². The lowest BCUT2D eigenvalue weighted by molar-refractivity contribution is -0.146. The fourth-order valence-corrected chi connectivity index (χ4v) is 2.52. The number of nitrogens with zero attached hydrogens (tertiary/aromatic N) is 1. The van der Waals surface area contributed by atoms with Crippen LogP contribution in [0.3, 0.4) is 0 Å². The summed E-state index contributed by atoms with van der Waals surface area (Å²) in [7, 11) is 2.94. The lowest BCUT2D eigenvalue weighted by Crippen LogP contribution is -2.40. The van der Waals surface area contributed by atoms with Crippen LogP contribution in [0.2, 0.25) is 0 Å². The molecule has 1 aliphatic heterocycles. The molecule has 0 atom stereocenters. The molecule has 0 saturated carbocycles. The maximum absolute atomic E-state index is 12.5. The SMILES string of the molecule is COC(=O)C1CCN(C(=O)c2ccc(OC)cc2N)CC1. The number of methoxy groups -OCH3 is 2. The van der Waals surface area contributed by atoms with E-state index in [-0.39, 0.29) is 17.8 Å². The van der Waals surface area contributed by atoms with Crippen LogP contribution in [0.1, 0.15) is 23.2 Å². The first-order valence-electron chi connectivity index (χ1n) is 6.87. The second-order valence-corrected chi connectivity index (χ2v) is 5.04. The summed E-state index contributed by atoms with van der Waals surface area (Å²) >= 11 is 0. The second kappa shape index (κ2) is 6.47. The van der Waals surface area contributed by atoms with E-state index in [4.69, 9.17) is 15.2 Å². The van der Waals surface area contributed by atoms with E-state index in [0.29, 0.717) is 42.9 Å². The van der Waals surface area contributed by atoms with Crippen LogP contribution in [0.25, 0.3) is 0 Å². The van der Waals surface area contributed by atoms with E-state index in [1.807, 2.05) is 0 Å². The Morgan fingerprint density at radius 1 is 1.24 bits per heavy atom. The number of amides is 1. The van der Waals surface area contributed by atoms with Crippen LogP contribution in [-0.2, 0) is 9.53 Å². The molecule has 6 nitrogen and oxygen atoms in total. The Morgan fingerprint density at radius 2 is 1.90 bits per heavy atom. The molecule has 1 saturated heterocycles. The number of anilines is 1. The molecule has 2 rings (SSSR count). The Balaban J connectivity index is 2.03. The minimum atomic E-state index is -0.203. The molecule has 0 aromatic heterocycles. The molecule has 1 fully saturated rings. The average molecular weight is 292 g/mol. The van der Waals surface area contributed by atoms with E-state index in [1.165, 1.54) is 7.11 Å². The highest BCUT2D eigenvalue weighted by Gasteiger charge is 2.28. The van der Waals surface area contributed by atoms with E-state index in [0.717, 1.165) is 0 Å². The minimum absolute atomic E-state index is 0.113. The van der Waals surface area contributed by atoms with Gasteiger partial charge in [0, 0.05) is 24.8 Å². The number of piperidine rings is 1. The summed E-state index contributed by atoms with van der Waals surface area (Å²) in [5, 5.41) is 0. The quantitative estimate of drug-likeness (QED) is 0.671. The van der Waals surface area contributed by atoms with Crippen LogP contribution in [0.4, 0.5) is 5.69 Å². The minimum Gasteiger partial charge on any atom is -0.497 e. The molecule has 0 unspecified atom stereocenters. The number of ether oxygens (including phenoxy) is 2. The Labute approximate surface area is 123 Å². The van der Waals surface area contributed by atoms with Crippen molar-refractivity contribution in [2.75, 3.05) is 33.0 Å². The average Bonchev–Trinajstić information content (AvgIpc) is 2.53. The van der Waals surface area contributed by atoms with Gasteiger partial charge in [-0.15, -0.1) is 0 Å². The first kappa shape index (κ1) is 15.2. The van der Waals surface area contributed by atoms with Gasteiger partial charge < -0.3 is 20.1 Å². The standard InChI is InChI=1S/C15H20N2O4/c1-20-11-3-4-12(13(16)9-11)14(18)17-7-5-10(6-8-17)15(19)21-2/h3-4,9-10H,5-8,16H2,1-2H3. The Morgan fingerprint density at radius 3 is 2.43 bits per heavy atom. The molecule has 2 N–H and O–H groups in total. The van der Waals surface area contributed by atoms with Gasteiger partial charge in [-0.3, -0.25) is 9.59 Å². The number of carbonyl (C=O) groups is 2. The zero-order chi connectivity index (χ0) is 15.4. The van der Waals surface area contributed by atoms with Crippen molar-refractivity contribution in [3.05, 3.63) is 23.8 Å². The number of hydrogen-bond donors (Lipinski definition) is 1. The molecule has 1 aromatic rings. The molecule has 21 heavy (non-hydrogen) atoms. The highest BCUT2D eigenvalue weighted by molar-refractivity contribution is 5.99. The molecule has 114 valence electrons. The van der Waals surface area contributed by atoms with Crippen molar-refractivity contribution in [1.29, 1.82) is 0 Å². The van der Waals surface area contributed by atoms with Gasteiger partial charge in [0.2, 0.25) is 0 Å². The van der Waals surface area contributed by atoms with Crippen molar-refractivity contribution in [1.82, 2.24) is 4.90 Å². The van der Waals surface area contributed by atoms with Crippen molar-refractivity contribution in [3.8, 4) is 5.75 Å². The van der Waals surface area contributed by atoms with Crippen molar-refractivity contribution in [2.45, 2.75) is 12.8 Å². The first-order chi connectivity index (χ1) is 10.1. The summed E-state index contributed by atoms with van der Waals surface area (Å²) in [5.74, 6) is 0.185. The molecule has 1 amide bonds. The number of likely N-dealkylation sites (tertiary alicyclic amines) is 1. The summed E-state index contributed by atoms with van der Waals surface area (Å²) in [4.78, 5) is 25.7. The Bertz CT molecular complexity index is 536. The van der Waals surface area contributed by atoms with Crippen molar-refractivity contribution in [2.24, 2.45) is 5.92 Å². The van der Waals surface area contributed by atoms with Gasteiger partial charge in [-0.05, 0) is 25.0 Å². The predicted octanol–water partition coefficient (Wildman–Crippen LogP) is 1.30. The zero-order valence-electron chi connectivity index (χ0n) is 12.3. The molecule has 1 heterocycles. The number of esters is 1. The molecular formula is C15H20N2O4. The van der Waals surface area contributed by atoms with Crippen molar-refractivity contribution in [3.63, 3.8) is 0 Å². The van der Waals surface area contributed by atoms with Crippen LogP contribution < -0.4 is 10.5 Å². The van der Waals surface area contributed by atoms with E-state index < -0.39 is 0 Å². The normalized spacial score (nSPS) is 15.6. The molecule has 0 radical (unpaired) electrons. The molecule has 0 spiro atoms. The van der Waals surface area contributed by atoms with Crippen LogP contribution in [-0.4, -0.2) is 44.1 Å². The number of rotatable bonds is 3. The third-order valence-corrected chi connectivity index (χ3v) is 3.81. The predicted molar refractivity (Wildman–Crippen MR) is 78.0 cm³/mol. The van der Waals surface area contributed by atoms with Crippen LogP contribution in [0, 0.1) is 5.92 Å². The third kappa shape index (κ3) is 3.26. The summed E-state index contributed by atoms with van der Waals surface area (Å²) in [6.07, 6.45) is 1.24. The molecule has 0 aliphatic carbocycles. The fourth-order valence-electron chi connectivity index (χ4n) is 2.52. The largest absolute Gasteiger partial charge is 0.497 e. The first-order valence-corrected chi connectivity index (χ1v) is 6.87. The van der Waals surface area contributed by atoms with Gasteiger partial charge in [-0.1, -0.05) is 0 Å². The summed E-state index contributed by atoms with van der Waals surface area (Å²) in [6, 6.07) is 5.02. The van der Waals surface area contributed by atoms with E-state index in [9.17, 15) is 9.59 Å². The van der Waals surface area contributed by atoms with Gasteiger partial charge in [-0.25, -0.2) is 0 Å². The van der Waals surface area contributed by atoms with Crippen molar-refractivity contribution < 1.29 is 19.1 Å². The maximum Gasteiger partial charge on any atom is 0.308 e. The summed E-state index contributed by atoms with van der Waals surface area (Å²) < 4.78 is 9.81.